The fraction of sp³-hybridized carbons (Fsp3) is 0.588. The van der Waals surface area contributed by atoms with E-state index in [1.165, 1.54) is 0 Å². The largest absolute Gasteiger partial charge is 0.420 e. The summed E-state index contributed by atoms with van der Waals surface area (Å²) < 4.78 is 90.6. The molecule has 29 heavy (non-hydrogen) atoms. The molecule has 0 aliphatic carbocycles. The van der Waals surface area contributed by atoms with Crippen molar-refractivity contribution in [3.05, 3.63) is 29.1 Å². The molecule has 0 fully saturated rings. The second-order valence-corrected chi connectivity index (χ2v) is 6.05. The number of alkyl halides is 1. The average Bonchev–Trinajstić information content (AvgIpc) is 2.71. The third-order valence-electron chi connectivity index (χ3n) is 3.17. The second-order valence-electron chi connectivity index (χ2n) is 5.26. The summed E-state index contributed by atoms with van der Waals surface area (Å²) in [5, 5.41) is 0.755. The fourth-order valence-electron chi connectivity index (χ4n) is 1.81. The van der Waals surface area contributed by atoms with Crippen LogP contribution < -0.4 is 4.74 Å². The molecule has 0 aromatic heterocycles. The van der Waals surface area contributed by atoms with E-state index in [9.17, 15) is 26.7 Å². The summed E-state index contributed by atoms with van der Waals surface area (Å²) in [4.78, 5) is 11.5. The highest BCUT2D eigenvalue weighted by molar-refractivity contribution is 9.09. The van der Waals surface area contributed by atoms with Gasteiger partial charge in [-0.3, -0.25) is 4.79 Å². The summed E-state index contributed by atoms with van der Waals surface area (Å²) in [5.41, 5.74) is 0. The van der Waals surface area contributed by atoms with Crippen LogP contribution in [0.15, 0.2) is 0 Å². The Morgan fingerprint density at radius 3 is 1.45 bits per heavy atom. The summed E-state index contributed by atoms with van der Waals surface area (Å²) in [6.45, 7) is 2.34. The van der Waals surface area contributed by atoms with Crippen LogP contribution in [0.3, 0.4) is 0 Å². The SMILES string of the molecule is O=C(CCOCCOCCOCCOCCBr)Oc1c(F)c(F)c(F)c(F)c1F. The minimum atomic E-state index is -2.34. The third kappa shape index (κ3) is 9.34. The Balaban J connectivity index is 2.13. The van der Waals surface area contributed by atoms with Crippen molar-refractivity contribution in [2.24, 2.45) is 0 Å². The van der Waals surface area contributed by atoms with Gasteiger partial charge in [0.1, 0.15) is 0 Å². The van der Waals surface area contributed by atoms with Crippen molar-refractivity contribution in [2.75, 3.05) is 58.2 Å². The molecule has 0 aliphatic rings. The molecule has 1 rings (SSSR count). The van der Waals surface area contributed by atoms with E-state index in [0.29, 0.717) is 33.0 Å². The monoisotopic (exact) mass is 494 g/mol. The van der Waals surface area contributed by atoms with Gasteiger partial charge in [-0.15, -0.1) is 0 Å². The standard InChI is InChI=1S/C17H20BrF5O6/c18-2-4-26-6-8-28-10-9-27-7-5-25-3-1-11(24)29-17-15(22)13(20)12(19)14(21)16(17)23/h1-10H2. The van der Waals surface area contributed by atoms with Crippen LogP contribution in [-0.2, 0) is 23.7 Å². The number of carbonyl (C=O) groups is 1. The molecule has 0 saturated heterocycles. The number of esters is 1. The number of hydrogen-bond acceptors (Lipinski definition) is 6. The number of carbonyl (C=O) groups excluding carboxylic acids is 1. The van der Waals surface area contributed by atoms with Crippen LogP contribution in [0.2, 0.25) is 0 Å². The molecular formula is C17H20BrF5O6. The number of hydrogen-bond donors (Lipinski definition) is 0. The maximum atomic E-state index is 13.4. The molecule has 0 aliphatic heterocycles. The first kappa shape index (κ1) is 25.7. The molecule has 0 amide bonds. The Bertz CT molecular complexity index is 620. The molecule has 0 bridgehead atoms. The lowest BCUT2D eigenvalue weighted by molar-refractivity contribution is -0.136. The van der Waals surface area contributed by atoms with E-state index in [1.807, 2.05) is 0 Å². The van der Waals surface area contributed by atoms with Crippen molar-refractivity contribution in [3.8, 4) is 5.75 Å². The van der Waals surface area contributed by atoms with E-state index >= 15 is 0 Å². The van der Waals surface area contributed by atoms with Crippen LogP contribution in [0, 0.1) is 29.1 Å². The van der Waals surface area contributed by atoms with Gasteiger partial charge in [0.15, 0.2) is 0 Å². The van der Waals surface area contributed by atoms with E-state index in [2.05, 4.69) is 20.7 Å². The van der Waals surface area contributed by atoms with E-state index < -0.39 is 47.2 Å². The van der Waals surface area contributed by atoms with Crippen LogP contribution in [0.4, 0.5) is 22.0 Å². The van der Waals surface area contributed by atoms with Crippen molar-refractivity contribution < 1.29 is 50.4 Å². The molecule has 166 valence electrons. The van der Waals surface area contributed by atoms with Gasteiger partial charge >= 0.3 is 5.97 Å². The van der Waals surface area contributed by atoms with E-state index in [4.69, 9.17) is 18.9 Å². The Kier molecular flexibility index (Phi) is 12.9. The summed E-state index contributed by atoms with van der Waals surface area (Å²) in [6, 6.07) is 0. The lowest BCUT2D eigenvalue weighted by Crippen LogP contribution is -2.16. The van der Waals surface area contributed by atoms with Gasteiger partial charge in [0.2, 0.25) is 34.8 Å². The molecule has 0 unspecified atom stereocenters. The number of halogens is 6. The van der Waals surface area contributed by atoms with Gasteiger partial charge in [0.05, 0.1) is 59.3 Å². The molecule has 0 N–H and O–H groups in total. The molecule has 0 radical (unpaired) electrons. The Hall–Kier alpha value is -1.34. The third-order valence-corrected chi connectivity index (χ3v) is 3.50. The van der Waals surface area contributed by atoms with Crippen LogP contribution in [0.1, 0.15) is 6.42 Å². The zero-order valence-electron chi connectivity index (χ0n) is 15.3. The second kappa shape index (κ2) is 14.6. The predicted octanol–water partition coefficient (Wildman–Crippen LogP) is 3.14. The molecule has 0 atom stereocenters. The lowest BCUT2D eigenvalue weighted by Gasteiger charge is -2.09. The topological polar surface area (TPSA) is 63.2 Å². The van der Waals surface area contributed by atoms with Crippen molar-refractivity contribution in [1.82, 2.24) is 0 Å². The number of benzene rings is 1. The highest BCUT2D eigenvalue weighted by atomic mass is 79.9. The summed E-state index contributed by atoms with van der Waals surface area (Å²) in [5.74, 6) is -14.0. The minimum absolute atomic E-state index is 0.115. The van der Waals surface area contributed by atoms with Crippen molar-refractivity contribution in [1.29, 1.82) is 0 Å². The van der Waals surface area contributed by atoms with E-state index in [0.717, 1.165) is 5.33 Å². The minimum Gasteiger partial charge on any atom is -0.420 e. The number of ether oxygens (including phenoxy) is 5. The maximum Gasteiger partial charge on any atom is 0.313 e. The van der Waals surface area contributed by atoms with Gasteiger partial charge in [-0.1, -0.05) is 15.9 Å². The molecule has 6 nitrogen and oxygen atoms in total. The normalized spacial score (nSPS) is 11.1. The van der Waals surface area contributed by atoms with Crippen LogP contribution in [-0.4, -0.2) is 64.2 Å². The van der Waals surface area contributed by atoms with E-state index in [-0.39, 0.29) is 19.8 Å². The van der Waals surface area contributed by atoms with Crippen molar-refractivity contribution >= 4 is 21.9 Å². The quantitative estimate of drug-likeness (QED) is 0.0709. The zero-order chi connectivity index (χ0) is 21.6. The summed E-state index contributed by atoms with van der Waals surface area (Å²) >= 11 is 3.22. The molecule has 12 heteroatoms. The molecule has 0 spiro atoms. The highest BCUT2D eigenvalue weighted by Gasteiger charge is 2.28. The molecular weight excluding hydrogens is 475 g/mol. The zero-order valence-corrected chi connectivity index (χ0v) is 16.9. The van der Waals surface area contributed by atoms with E-state index in [1.54, 1.807) is 0 Å². The lowest BCUT2D eigenvalue weighted by atomic mass is 10.2. The van der Waals surface area contributed by atoms with Gasteiger partial charge in [-0.2, -0.15) is 8.78 Å². The van der Waals surface area contributed by atoms with Crippen LogP contribution in [0.5, 0.6) is 5.75 Å². The number of rotatable bonds is 15. The smallest absolute Gasteiger partial charge is 0.313 e. The average molecular weight is 495 g/mol. The van der Waals surface area contributed by atoms with Crippen LogP contribution >= 0.6 is 15.9 Å². The maximum absolute atomic E-state index is 13.4. The van der Waals surface area contributed by atoms with Gasteiger partial charge in [0, 0.05) is 5.33 Å². The van der Waals surface area contributed by atoms with Gasteiger partial charge in [-0.25, -0.2) is 13.2 Å². The first-order valence-electron chi connectivity index (χ1n) is 8.49. The molecule has 0 heterocycles. The Labute approximate surface area is 172 Å². The van der Waals surface area contributed by atoms with Crippen molar-refractivity contribution in [2.45, 2.75) is 6.42 Å². The predicted molar refractivity (Wildman–Crippen MR) is 93.6 cm³/mol. The Morgan fingerprint density at radius 2 is 1.00 bits per heavy atom. The summed E-state index contributed by atoms with van der Waals surface area (Å²) in [7, 11) is 0. The Morgan fingerprint density at radius 1 is 0.621 bits per heavy atom. The van der Waals surface area contributed by atoms with Gasteiger partial charge in [-0.05, 0) is 0 Å². The first-order chi connectivity index (χ1) is 13.9. The first-order valence-corrected chi connectivity index (χ1v) is 9.61. The molecule has 1 aromatic rings. The van der Waals surface area contributed by atoms with Gasteiger partial charge < -0.3 is 23.7 Å². The van der Waals surface area contributed by atoms with Crippen molar-refractivity contribution in [3.63, 3.8) is 0 Å². The highest BCUT2D eigenvalue weighted by Crippen LogP contribution is 2.29. The molecule has 0 saturated carbocycles. The van der Waals surface area contributed by atoms with Gasteiger partial charge in [0.25, 0.3) is 0 Å². The fourth-order valence-corrected chi connectivity index (χ4v) is 2.04. The van der Waals surface area contributed by atoms with Crippen LogP contribution in [0.25, 0.3) is 0 Å². The molecule has 1 aromatic carbocycles. The summed E-state index contributed by atoms with van der Waals surface area (Å²) in [6.07, 6.45) is -0.461.